The van der Waals surface area contributed by atoms with Crippen LogP contribution in [-0.2, 0) is 11.2 Å². The molecule has 0 atom stereocenters. The molecule has 1 aliphatic heterocycles. The zero-order valence-corrected chi connectivity index (χ0v) is 15.1. The first-order valence-corrected chi connectivity index (χ1v) is 8.85. The van der Waals surface area contributed by atoms with Crippen molar-refractivity contribution in [2.45, 2.75) is 25.2 Å². The number of halogens is 1. The van der Waals surface area contributed by atoms with E-state index in [1.54, 1.807) is 19.2 Å². The topological polar surface area (TPSA) is 49.8 Å². The number of nitrogens with zero attached hydrogens (tertiary/aromatic N) is 1. The van der Waals surface area contributed by atoms with Crippen LogP contribution in [0.1, 0.15) is 29.9 Å². The van der Waals surface area contributed by atoms with E-state index in [0.29, 0.717) is 5.92 Å². The van der Waals surface area contributed by atoms with Gasteiger partial charge in [-0.3, -0.25) is 4.79 Å². The first-order chi connectivity index (χ1) is 12.7. The van der Waals surface area contributed by atoms with E-state index in [2.05, 4.69) is 17.0 Å². The molecule has 0 unspecified atom stereocenters. The highest BCUT2D eigenvalue weighted by Crippen LogP contribution is 2.33. The fourth-order valence-corrected chi connectivity index (χ4v) is 3.45. The van der Waals surface area contributed by atoms with Crippen LogP contribution in [0, 0.1) is 5.82 Å². The van der Waals surface area contributed by atoms with Gasteiger partial charge in [0.1, 0.15) is 11.6 Å². The third-order valence-corrected chi connectivity index (χ3v) is 4.77. The largest absolute Gasteiger partial charge is 0.496 e. The highest BCUT2D eigenvalue weighted by Gasteiger charge is 2.22. The summed E-state index contributed by atoms with van der Waals surface area (Å²) in [5.41, 5.74) is 2.41. The zero-order chi connectivity index (χ0) is 18.8. The van der Waals surface area contributed by atoms with Gasteiger partial charge in [0.2, 0.25) is 0 Å². The first-order valence-electron chi connectivity index (χ1n) is 8.85. The molecule has 3 rings (SSSR count). The van der Waals surface area contributed by atoms with Gasteiger partial charge in [0, 0.05) is 6.54 Å². The monoisotopic (exact) mass is 359 g/mol. The molecule has 5 heteroatoms. The van der Waals surface area contributed by atoms with E-state index in [-0.39, 0.29) is 12.3 Å². The third kappa shape index (κ3) is 5.85. The Hall–Kier alpha value is -2.40. The van der Waals surface area contributed by atoms with E-state index in [9.17, 15) is 4.39 Å². The van der Waals surface area contributed by atoms with Crippen LogP contribution in [0.2, 0.25) is 0 Å². The van der Waals surface area contributed by atoms with Crippen LogP contribution >= 0.6 is 0 Å². The van der Waals surface area contributed by atoms with Crippen LogP contribution in [-0.4, -0.2) is 43.2 Å². The average molecular weight is 359 g/mol. The number of carbonyl (C=O) groups is 1. The molecule has 0 radical (unpaired) electrons. The minimum atomic E-state index is -0.250. The van der Waals surface area contributed by atoms with Crippen molar-refractivity contribution in [3.8, 4) is 5.75 Å². The zero-order valence-electron chi connectivity index (χ0n) is 15.1. The Kier molecular flexibility index (Phi) is 8.09. The third-order valence-electron chi connectivity index (χ3n) is 4.77. The van der Waals surface area contributed by atoms with Crippen molar-refractivity contribution in [3.63, 3.8) is 0 Å². The van der Waals surface area contributed by atoms with Gasteiger partial charge in [-0.1, -0.05) is 30.3 Å². The molecule has 0 spiro atoms. The molecule has 1 heterocycles. The Bertz CT molecular complexity index is 684. The number of ether oxygens (including phenoxy) is 1. The number of carboxylic acid groups (broad SMARTS) is 1. The maximum atomic E-state index is 13.2. The summed E-state index contributed by atoms with van der Waals surface area (Å²) in [4.78, 5) is 10.8. The maximum absolute atomic E-state index is 13.2. The smallest absolute Gasteiger partial charge is 0.290 e. The van der Waals surface area contributed by atoms with Gasteiger partial charge in [-0.05, 0) is 67.6 Å². The SMILES string of the molecule is COc1ccccc1C1CCN(CCc2cccc(F)c2)CC1.O=CO. The normalized spacial score (nSPS) is 15.0. The van der Waals surface area contributed by atoms with Crippen LogP contribution < -0.4 is 4.74 Å². The van der Waals surface area contributed by atoms with Gasteiger partial charge in [0.25, 0.3) is 6.47 Å². The van der Waals surface area contributed by atoms with Crippen molar-refractivity contribution >= 4 is 6.47 Å². The van der Waals surface area contributed by atoms with Gasteiger partial charge in [-0.25, -0.2) is 4.39 Å². The van der Waals surface area contributed by atoms with E-state index in [1.807, 2.05) is 18.2 Å². The second-order valence-corrected chi connectivity index (χ2v) is 6.34. The van der Waals surface area contributed by atoms with Crippen LogP contribution in [0.5, 0.6) is 5.75 Å². The minimum Gasteiger partial charge on any atom is -0.496 e. The van der Waals surface area contributed by atoms with E-state index in [0.717, 1.165) is 50.2 Å². The number of likely N-dealkylation sites (tertiary alicyclic amines) is 1. The van der Waals surface area contributed by atoms with Crippen LogP contribution in [0.15, 0.2) is 48.5 Å². The van der Waals surface area contributed by atoms with Crippen molar-refractivity contribution < 1.29 is 19.0 Å². The molecule has 1 fully saturated rings. The predicted octanol–water partition coefficient (Wildman–Crippen LogP) is 3.96. The minimum absolute atomic E-state index is 0.141. The van der Waals surface area contributed by atoms with Crippen LogP contribution in [0.25, 0.3) is 0 Å². The lowest BCUT2D eigenvalue weighted by molar-refractivity contribution is -0.122. The van der Waals surface area contributed by atoms with Crippen LogP contribution in [0.4, 0.5) is 4.39 Å². The second-order valence-electron chi connectivity index (χ2n) is 6.34. The van der Waals surface area contributed by atoms with Gasteiger partial charge in [0.05, 0.1) is 7.11 Å². The lowest BCUT2D eigenvalue weighted by Crippen LogP contribution is -2.34. The molecule has 0 aromatic heterocycles. The summed E-state index contributed by atoms with van der Waals surface area (Å²) in [6.07, 6.45) is 3.23. The quantitative estimate of drug-likeness (QED) is 0.821. The number of para-hydroxylation sites is 1. The van der Waals surface area contributed by atoms with E-state index in [4.69, 9.17) is 14.6 Å². The first kappa shape index (κ1) is 19.9. The molecule has 0 saturated carbocycles. The summed E-state index contributed by atoms with van der Waals surface area (Å²) in [7, 11) is 1.74. The predicted molar refractivity (Wildman–Crippen MR) is 100 cm³/mol. The Morgan fingerprint density at radius 2 is 1.88 bits per heavy atom. The fourth-order valence-electron chi connectivity index (χ4n) is 3.45. The molecule has 2 aromatic rings. The number of rotatable bonds is 5. The van der Waals surface area contributed by atoms with Gasteiger partial charge in [0.15, 0.2) is 0 Å². The average Bonchev–Trinajstić information content (AvgIpc) is 2.67. The molecule has 0 aliphatic carbocycles. The molecule has 26 heavy (non-hydrogen) atoms. The van der Waals surface area contributed by atoms with E-state index in [1.165, 1.54) is 11.6 Å². The number of hydrogen-bond acceptors (Lipinski definition) is 3. The van der Waals surface area contributed by atoms with Crippen molar-refractivity contribution in [1.29, 1.82) is 0 Å². The Balaban J connectivity index is 0.000000758. The Labute approximate surface area is 154 Å². The molecular formula is C21H26FNO3. The molecule has 140 valence electrons. The summed E-state index contributed by atoms with van der Waals surface area (Å²) < 4.78 is 18.7. The number of benzene rings is 2. The molecule has 1 N–H and O–H groups in total. The number of piperidine rings is 1. The molecule has 1 aliphatic rings. The molecule has 2 aromatic carbocycles. The lowest BCUT2D eigenvalue weighted by atomic mass is 9.88. The number of methoxy groups -OCH3 is 1. The van der Waals surface area contributed by atoms with Crippen molar-refractivity contribution in [2.75, 3.05) is 26.7 Å². The molecular weight excluding hydrogens is 333 g/mol. The number of hydrogen-bond donors (Lipinski definition) is 1. The van der Waals surface area contributed by atoms with Gasteiger partial charge >= 0.3 is 0 Å². The van der Waals surface area contributed by atoms with Gasteiger partial charge in [-0.15, -0.1) is 0 Å². The standard InChI is InChI=1S/C20H24FNO.CH2O2/c1-23-20-8-3-2-7-19(20)17-10-13-22(14-11-17)12-9-16-5-4-6-18(21)15-16;2-1-3/h2-8,15,17H,9-14H2,1H3;1H,(H,2,3). The van der Waals surface area contributed by atoms with Crippen molar-refractivity contribution in [1.82, 2.24) is 4.90 Å². The van der Waals surface area contributed by atoms with Gasteiger partial charge < -0.3 is 14.7 Å². The van der Waals surface area contributed by atoms with Crippen LogP contribution in [0.3, 0.4) is 0 Å². The second kappa shape index (κ2) is 10.6. The summed E-state index contributed by atoms with van der Waals surface area (Å²) in [6, 6.07) is 15.3. The molecule has 1 saturated heterocycles. The Morgan fingerprint density at radius 1 is 1.19 bits per heavy atom. The summed E-state index contributed by atoms with van der Waals surface area (Å²) >= 11 is 0. The lowest BCUT2D eigenvalue weighted by Gasteiger charge is -2.32. The molecule has 0 bridgehead atoms. The Morgan fingerprint density at radius 3 is 2.54 bits per heavy atom. The highest BCUT2D eigenvalue weighted by molar-refractivity contribution is 5.36. The maximum Gasteiger partial charge on any atom is 0.290 e. The van der Waals surface area contributed by atoms with Gasteiger partial charge in [-0.2, -0.15) is 0 Å². The molecule has 4 nitrogen and oxygen atoms in total. The van der Waals surface area contributed by atoms with E-state index < -0.39 is 0 Å². The van der Waals surface area contributed by atoms with Crippen molar-refractivity contribution in [2.24, 2.45) is 0 Å². The van der Waals surface area contributed by atoms with Crippen molar-refractivity contribution in [3.05, 3.63) is 65.5 Å². The fraction of sp³-hybridized carbons (Fsp3) is 0.381. The summed E-state index contributed by atoms with van der Waals surface area (Å²) in [6.45, 7) is 2.94. The molecule has 0 amide bonds. The summed E-state index contributed by atoms with van der Waals surface area (Å²) in [5, 5.41) is 6.89. The summed E-state index contributed by atoms with van der Waals surface area (Å²) in [5.74, 6) is 1.44. The highest BCUT2D eigenvalue weighted by atomic mass is 19.1. The van der Waals surface area contributed by atoms with E-state index >= 15 is 0 Å².